The first-order valence-corrected chi connectivity index (χ1v) is 9.03. The van der Waals surface area contributed by atoms with E-state index in [-0.39, 0.29) is 11.7 Å². The molecular weight excluding hydrogens is 353 g/mol. The molecule has 0 bridgehead atoms. The van der Waals surface area contributed by atoms with E-state index in [4.69, 9.17) is 9.47 Å². The fourth-order valence-corrected chi connectivity index (χ4v) is 3.98. The lowest BCUT2D eigenvalue weighted by molar-refractivity contribution is 0.0957. The molecule has 1 amide bonds. The number of halogens is 1. The zero-order chi connectivity index (χ0) is 18.7. The molecule has 1 aromatic heterocycles. The molecule has 0 aliphatic carbocycles. The summed E-state index contributed by atoms with van der Waals surface area (Å²) in [5, 5.41) is 3.72. The molecule has 0 spiro atoms. The third-order valence-corrected chi connectivity index (χ3v) is 5.54. The molecule has 1 heterocycles. The number of methoxy groups -OCH3 is 2. The van der Waals surface area contributed by atoms with Crippen molar-refractivity contribution >= 4 is 27.3 Å². The summed E-state index contributed by atoms with van der Waals surface area (Å²) in [6.45, 7) is 2.31. The molecule has 0 saturated carbocycles. The molecule has 26 heavy (non-hydrogen) atoms. The fourth-order valence-electron chi connectivity index (χ4n) is 2.88. The average molecular weight is 373 g/mol. The summed E-state index contributed by atoms with van der Waals surface area (Å²) in [5.41, 5.74) is 1.77. The fraction of sp³-hybridized carbons (Fsp3) is 0.250. The maximum absolute atomic E-state index is 13.4. The van der Waals surface area contributed by atoms with Crippen LogP contribution in [0.25, 0.3) is 10.1 Å². The molecule has 6 heteroatoms. The quantitative estimate of drug-likeness (QED) is 0.699. The highest BCUT2D eigenvalue weighted by Crippen LogP contribution is 2.31. The van der Waals surface area contributed by atoms with Crippen molar-refractivity contribution in [2.24, 2.45) is 0 Å². The van der Waals surface area contributed by atoms with Gasteiger partial charge in [-0.15, -0.1) is 11.3 Å². The third kappa shape index (κ3) is 3.65. The minimum atomic E-state index is -0.296. The Kier molecular flexibility index (Phi) is 5.42. The van der Waals surface area contributed by atoms with Crippen LogP contribution in [0.15, 0.2) is 36.4 Å². The number of aryl methyl sites for hydroxylation is 1. The van der Waals surface area contributed by atoms with Gasteiger partial charge in [-0.1, -0.05) is 0 Å². The number of carbonyl (C=O) groups excluding carboxylic acids is 1. The predicted octanol–water partition coefficient (Wildman–Crippen LogP) is 4.34. The summed E-state index contributed by atoms with van der Waals surface area (Å²) < 4.78 is 24.9. The summed E-state index contributed by atoms with van der Waals surface area (Å²) in [6.07, 6.45) is 0.616. The molecule has 0 radical (unpaired) electrons. The maximum atomic E-state index is 13.4. The van der Waals surface area contributed by atoms with Gasteiger partial charge >= 0.3 is 0 Å². The smallest absolute Gasteiger partial charge is 0.261 e. The standard InChI is InChI=1S/C20H20FNO3S/c1-12-16-11-14(21)4-7-18(16)26-19(12)20(23)22-9-8-13-10-15(24-2)5-6-17(13)25-3/h4-7,10-11H,8-9H2,1-3H3,(H,22,23). The minimum Gasteiger partial charge on any atom is -0.497 e. The van der Waals surface area contributed by atoms with E-state index >= 15 is 0 Å². The molecular formula is C20H20FNO3S. The number of hydrogen-bond donors (Lipinski definition) is 1. The van der Waals surface area contributed by atoms with Crippen LogP contribution in [0.1, 0.15) is 20.8 Å². The van der Waals surface area contributed by atoms with Crippen molar-refractivity contribution in [1.82, 2.24) is 5.32 Å². The van der Waals surface area contributed by atoms with E-state index in [1.165, 1.54) is 23.5 Å². The van der Waals surface area contributed by atoms with Crippen LogP contribution in [-0.4, -0.2) is 26.7 Å². The average Bonchev–Trinajstić information content (AvgIpc) is 2.97. The zero-order valence-electron chi connectivity index (χ0n) is 14.9. The van der Waals surface area contributed by atoms with Crippen molar-refractivity contribution in [3.8, 4) is 11.5 Å². The third-order valence-electron chi connectivity index (χ3n) is 4.27. The van der Waals surface area contributed by atoms with Gasteiger partial charge in [-0.25, -0.2) is 4.39 Å². The van der Waals surface area contributed by atoms with Gasteiger partial charge in [0, 0.05) is 11.2 Å². The molecule has 1 N–H and O–H groups in total. The summed E-state index contributed by atoms with van der Waals surface area (Å²) >= 11 is 1.38. The summed E-state index contributed by atoms with van der Waals surface area (Å²) in [7, 11) is 3.23. The highest BCUT2D eigenvalue weighted by atomic mass is 32.1. The number of fused-ring (bicyclic) bond motifs is 1. The Morgan fingerprint density at radius 2 is 1.96 bits per heavy atom. The van der Waals surface area contributed by atoms with Gasteiger partial charge < -0.3 is 14.8 Å². The number of ether oxygens (including phenoxy) is 2. The number of nitrogens with one attached hydrogen (secondary N) is 1. The summed E-state index contributed by atoms with van der Waals surface area (Å²) in [5.74, 6) is 1.06. The van der Waals surface area contributed by atoms with Crippen LogP contribution in [0.4, 0.5) is 4.39 Å². The van der Waals surface area contributed by atoms with E-state index in [9.17, 15) is 9.18 Å². The Hall–Kier alpha value is -2.60. The molecule has 0 aliphatic rings. The van der Waals surface area contributed by atoms with Gasteiger partial charge in [0.2, 0.25) is 0 Å². The van der Waals surface area contributed by atoms with Crippen LogP contribution in [0.5, 0.6) is 11.5 Å². The second kappa shape index (κ2) is 7.74. The van der Waals surface area contributed by atoms with E-state index in [0.717, 1.165) is 32.7 Å². The number of thiophene rings is 1. The van der Waals surface area contributed by atoms with Crippen LogP contribution in [0.2, 0.25) is 0 Å². The Bertz CT molecular complexity index is 952. The topological polar surface area (TPSA) is 47.6 Å². The first-order valence-electron chi connectivity index (χ1n) is 8.21. The largest absolute Gasteiger partial charge is 0.497 e. The van der Waals surface area contributed by atoms with Crippen molar-refractivity contribution in [1.29, 1.82) is 0 Å². The molecule has 3 rings (SSSR count). The summed E-state index contributed by atoms with van der Waals surface area (Å²) in [6, 6.07) is 10.2. The van der Waals surface area contributed by atoms with Gasteiger partial charge in [0.15, 0.2) is 0 Å². The highest BCUT2D eigenvalue weighted by Gasteiger charge is 2.16. The second-order valence-corrected chi connectivity index (χ2v) is 6.93. The van der Waals surface area contributed by atoms with Gasteiger partial charge in [-0.2, -0.15) is 0 Å². The molecule has 2 aromatic carbocycles. The normalized spacial score (nSPS) is 10.8. The number of amides is 1. The molecule has 0 saturated heterocycles. The molecule has 0 unspecified atom stereocenters. The van der Waals surface area contributed by atoms with Gasteiger partial charge in [0.1, 0.15) is 17.3 Å². The number of rotatable bonds is 6. The van der Waals surface area contributed by atoms with E-state index in [1.807, 2.05) is 25.1 Å². The minimum absolute atomic E-state index is 0.147. The predicted molar refractivity (Wildman–Crippen MR) is 102 cm³/mol. The van der Waals surface area contributed by atoms with Crippen molar-refractivity contribution in [3.63, 3.8) is 0 Å². The Balaban J connectivity index is 1.71. The first-order chi connectivity index (χ1) is 12.5. The van der Waals surface area contributed by atoms with Crippen molar-refractivity contribution in [2.45, 2.75) is 13.3 Å². The molecule has 4 nitrogen and oxygen atoms in total. The molecule has 0 aliphatic heterocycles. The van der Waals surface area contributed by atoms with Crippen molar-refractivity contribution in [2.75, 3.05) is 20.8 Å². The van der Waals surface area contributed by atoms with Crippen LogP contribution in [0.3, 0.4) is 0 Å². The SMILES string of the molecule is COc1ccc(OC)c(CCNC(=O)c2sc3ccc(F)cc3c2C)c1. The molecule has 136 valence electrons. The van der Waals surface area contributed by atoms with Crippen LogP contribution < -0.4 is 14.8 Å². The Labute approximate surface area is 155 Å². The van der Waals surface area contributed by atoms with E-state index in [0.29, 0.717) is 17.8 Å². The van der Waals surface area contributed by atoms with Gasteiger partial charge in [0.25, 0.3) is 5.91 Å². The maximum Gasteiger partial charge on any atom is 0.261 e. The molecule has 0 fully saturated rings. The zero-order valence-corrected chi connectivity index (χ0v) is 15.7. The number of carbonyl (C=O) groups is 1. The van der Waals surface area contributed by atoms with Gasteiger partial charge in [0.05, 0.1) is 19.1 Å². The lowest BCUT2D eigenvalue weighted by atomic mass is 10.1. The lowest BCUT2D eigenvalue weighted by Crippen LogP contribution is -2.25. The Morgan fingerprint density at radius 3 is 2.69 bits per heavy atom. The monoisotopic (exact) mass is 373 g/mol. The van der Waals surface area contributed by atoms with Crippen molar-refractivity contribution < 1.29 is 18.7 Å². The Morgan fingerprint density at radius 1 is 1.15 bits per heavy atom. The second-order valence-electron chi connectivity index (χ2n) is 5.88. The molecule has 3 aromatic rings. The van der Waals surface area contributed by atoms with Crippen LogP contribution in [0, 0.1) is 12.7 Å². The van der Waals surface area contributed by atoms with Crippen LogP contribution in [-0.2, 0) is 6.42 Å². The van der Waals surface area contributed by atoms with Gasteiger partial charge in [-0.05, 0) is 66.3 Å². The van der Waals surface area contributed by atoms with E-state index in [2.05, 4.69) is 5.32 Å². The molecule has 0 atom stereocenters. The van der Waals surface area contributed by atoms with Crippen molar-refractivity contribution in [3.05, 3.63) is 58.2 Å². The van der Waals surface area contributed by atoms with E-state index < -0.39 is 0 Å². The lowest BCUT2D eigenvalue weighted by Gasteiger charge is -2.11. The van der Waals surface area contributed by atoms with Gasteiger partial charge in [-0.3, -0.25) is 4.79 Å². The van der Waals surface area contributed by atoms with Crippen LogP contribution >= 0.6 is 11.3 Å². The van der Waals surface area contributed by atoms with E-state index in [1.54, 1.807) is 20.3 Å². The highest BCUT2D eigenvalue weighted by molar-refractivity contribution is 7.21. The number of benzene rings is 2. The summed E-state index contributed by atoms with van der Waals surface area (Å²) in [4.78, 5) is 13.2. The number of hydrogen-bond acceptors (Lipinski definition) is 4. The first kappa shape index (κ1) is 18.2.